The van der Waals surface area contributed by atoms with Gasteiger partial charge < -0.3 is 4.57 Å². The highest BCUT2D eigenvalue weighted by Crippen LogP contribution is 2.18. The number of sulfonamides is 1. The molecule has 3 rings (SSSR count). The highest BCUT2D eigenvalue weighted by atomic mass is 32.2. The zero-order valence-electron chi connectivity index (χ0n) is 16.1. The van der Waals surface area contributed by atoms with Crippen LogP contribution in [0.3, 0.4) is 0 Å². The molecular formula is C17H23N7O2S2. The Morgan fingerprint density at radius 2 is 2.11 bits per heavy atom. The van der Waals surface area contributed by atoms with Gasteiger partial charge in [-0.15, -0.1) is 11.3 Å². The van der Waals surface area contributed by atoms with Crippen molar-refractivity contribution in [3.8, 4) is 11.4 Å². The fraction of sp³-hybridized carbons (Fsp3) is 0.412. The summed E-state index contributed by atoms with van der Waals surface area (Å²) in [6, 6.07) is 0. The Morgan fingerprint density at radius 3 is 2.75 bits per heavy atom. The van der Waals surface area contributed by atoms with Crippen molar-refractivity contribution < 1.29 is 8.42 Å². The van der Waals surface area contributed by atoms with Gasteiger partial charge in [0.15, 0.2) is 4.80 Å². The molecule has 0 aliphatic heterocycles. The van der Waals surface area contributed by atoms with E-state index in [4.69, 9.17) is 4.99 Å². The van der Waals surface area contributed by atoms with Crippen LogP contribution in [-0.2, 0) is 23.1 Å². The lowest BCUT2D eigenvalue weighted by Crippen LogP contribution is -2.28. The van der Waals surface area contributed by atoms with Crippen LogP contribution in [0.4, 0.5) is 5.69 Å². The van der Waals surface area contributed by atoms with Gasteiger partial charge in [-0.1, -0.05) is 0 Å². The predicted octanol–water partition coefficient (Wildman–Crippen LogP) is 1.74. The average Bonchev–Trinajstić information content (AvgIpc) is 3.29. The molecule has 0 fully saturated rings. The van der Waals surface area contributed by atoms with Crippen molar-refractivity contribution in [1.29, 1.82) is 0 Å². The smallest absolute Gasteiger partial charge is 0.210 e. The Kier molecular flexibility index (Phi) is 6.37. The van der Waals surface area contributed by atoms with E-state index in [0.717, 1.165) is 28.4 Å². The first-order valence-electron chi connectivity index (χ1n) is 8.81. The Morgan fingerprint density at radius 1 is 1.29 bits per heavy atom. The van der Waals surface area contributed by atoms with Crippen LogP contribution in [0.1, 0.15) is 13.3 Å². The van der Waals surface area contributed by atoms with Crippen molar-refractivity contribution in [2.45, 2.75) is 26.4 Å². The fourth-order valence-corrected chi connectivity index (χ4v) is 3.98. The van der Waals surface area contributed by atoms with E-state index in [2.05, 4.69) is 15.1 Å². The molecule has 9 nitrogen and oxygen atoms in total. The molecule has 0 aliphatic rings. The number of rotatable bonds is 8. The van der Waals surface area contributed by atoms with Crippen LogP contribution in [0.25, 0.3) is 11.4 Å². The van der Waals surface area contributed by atoms with E-state index in [1.165, 1.54) is 21.9 Å². The molecule has 3 aromatic rings. The highest BCUT2D eigenvalue weighted by molar-refractivity contribution is 7.88. The number of nitrogens with zero attached hydrogens (tertiary/aromatic N) is 7. The van der Waals surface area contributed by atoms with Gasteiger partial charge in [-0.25, -0.2) is 17.7 Å². The molecule has 3 heterocycles. The van der Waals surface area contributed by atoms with E-state index in [1.54, 1.807) is 31.8 Å². The predicted molar refractivity (Wildman–Crippen MR) is 109 cm³/mol. The summed E-state index contributed by atoms with van der Waals surface area (Å²) in [7, 11) is -1.61. The van der Waals surface area contributed by atoms with Gasteiger partial charge in [-0.05, 0) is 13.3 Å². The van der Waals surface area contributed by atoms with Crippen LogP contribution >= 0.6 is 11.3 Å². The second kappa shape index (κ2) is 8.76. The third kappa shape index (κ3) is 4.91. The molecule has 0 aromatic carbocycles. The number of aryl methyl sites for hydroxylation is 1. The minimum atomic E-state index is -3.20. The molecule has 0 amide bonds. The molecule has 0 saturated carbocycles. The van der Waals surface area contributed by atoms with Crippen molar-refractivity contribution in [1.82, 2.24) is 28.6 Å². The van der Waals surface area contributed by atoms with Crippen molar-refractivity contribution in [2.24, 2.45) is 4.99 Å². The second-order valence-electron chi connectivity index (χ2n) is 6.25. The first-order valence-corrected chi connectivity index (χ1v) is 11.5. The third-order valence-electron chi connectivity index (χ3n) is 4.21. The monoisotopic (exact) mass is 421 g/mol. The van der Waals surface area contributed by atoms with Gasteiger partial charge in [0, 0.05) is 44.5 Å². The summed E-state index contributed by atoms with van der Waals surface area (Å²) in [5.41, 5.74) is 2.43. The van der Waals surface area contributed by atoms with Crippen LogP contribution in [-0.4, -0.2) is 56.9 Å². The van der Waals surface area contributed by atoms with E-state index in [0.29, 0.717) is 19.5 Å². The van der Waals surface area contributed by atoms with Gasteiger partial charge in [0.1, 0.15) is 11.4 Å². The second-order valence-corrected chi connectivity index (χ2v) is 9.18. The summed E-state index contributed by atoms with van der Waals surface area (Å²) in [4.78, 5) is 14.1. The molecule has 0 spiro atoms. The summed E-state index contributed by atoms with van der Waals surface area (Å²) in [6.45, 7) is 3.83. The maximum atomic E-state index is 11.6. The van der Waals surface area contributed by atoms with Crippen LogP contribution < -0.4 is 4.80 Å². The minimum absolute atomic E-state index is 0.425. The molecule has 0 unspecified atom stereocenters. The molecule has 0 bridgehead atoms. The van der Waals surface area contributed by atoms with Crippen LogP contribution in [0.2, 0.25) is 0 Å². The maximum absolute atomic E-state index is 11.6. The van der Waals surface area contributed by atoms with Gasteiger partial charge in [-0.2, -0.15) is 5.10 Å². The van der Waals surface area contributed by atoms with Crippen molar-refractivity contribution in [3.05, 3.63) is 41.2 Å². The Balaban J connectivity index is 1.93. The van der Waals surface area contributed by atoms with E-state index < -0.39 is 10.0 Å². The van der Waals surface area contributed by atoms with E-state index >= 15 is 0 Å². The Labute approximate surface area is 168 Å². The molecule has 3 aromatic heterocycles. The summed E-state index contributed by atoms with van der Waals surface area (Å²) >= 11 is 1.51. The topological polar surface area (TPSA) is 98.3 Å². The average molecular weight is 422 g/mol. The molecule has 0 N–H and O–H groups in total. The minimum Gasteiger partial charge on any atom is -0.315 e. The lowest BCUT2D eigenvalue weighted by Gasteiger charge is -2.14. The molecule has 28 heavy (non-hydrogen) atoms. The molecule has 0 atom stereocenters. The lowest BCUT2D eigenvalue weighted by molar-refractivity contribution is 0.449. The summed E-state index contributed by atoms with van der Waals surface area (Å²) in [6.07, 6.45) is 10.5. The first kappa shape index (κ1) is 20.4. The summed E-state index contributed by atoms with van der Waals surface area (Å²) in [5, 5.41) is 6.25. The van der Waals surface area contributed by atoms with Gasteiger partial charge in [-0.3, -0.25) is 14.6 Å². The van der Waals surface area contributed by atoms with Crippen LogP contribution in [0.15, 0.2) is 41.4 Å². The number of hydrogen-bond donors (Lipinski definition) is 0. The zero-order valence-corrected chi connectivity index (χ0v) is 17.7. The maximum Gasteiger partial charge on any atom is 0.210 e. The largest absolute Gasteiger partial charge is 0.315 e. The van der Waals surface area contributed by atoms with Gasteiger partial charge >= 0.3 is 0 Å². The number of hydrogen-bond acceptors (Lipinski definition) is 7. The van der Waals surface area contributed by atoms with Crippen molar-refractivity contribution >= 4 is 27.0 Å². The molecular weight excluding hydrogens is 398 g/mol. The molecule has 0 aliphatic carbocycles. The van der Waals surface area contributed by atoms with E-state index in [-0.39, 0.29) is 0 Å². The van der Waals surface area contributed by atoms with Crippen LogP contribution in [0, 0.1) is 0 Å². The van der Waals surface area contributed by atoms with Crippen molar-refractivity contribution in [3.63, 3.8) is 0 Å². The van der Waals surface area contributed by atoms with Gasteiger partial charge in [0.25, 0.3) is 0 Å². The lowest BCUT2D eigenvalue weighted by atomic mass is 10.3. The fourth-order valence-electron chi connectivity index (χ4n) is 2.58. The van der Waals surface area contributed by atoms with Crippen molar-refractivity contribution in [2.75, 3.05) is 19.8 Å². The summed E-state index contributed by atoms with van der Waals surface area (Å²) < 4.78 is 28.5. The number of aromatic nitrogens is 5. The Hall–Kier alpha value is -2.37. The van der Waals surface area contributed by atoms with Gasteiger partial charge in [0.2, 0.25) is 10.0 Å². The van der Waals surface area contributed by atoms with Crippen LogP contribution in [0.5, 0.6) is 0 Å². The molecule has 11 heteroatoms. The normalized spacial score (nSPS) is 12.8. The van der Waals surface area contributed by atoms with E-state index in [9.17, 15) is 8.42 Å². The number of thiazole rings is 1. The zero-order chi connectivity index (χ0) is 20.1. The standard InChI is InChI=1S/C17H23N7O2S2/c1-4-23-12-14(10-20-23)21-17-24(9-5-8-22(2)28(3,25)26)16(13-27-17)15-11-18-6-7-19-15/h6-7,10-13H,4-5,8-9H2,1-3H3. The molecule has 0 saturated heterocycles. The quantitative estimate of drug-likeness (QED) is 0.552. The Bertz CT molecular complexity index is 1080. The first-order chi connectivity index (χ1) is 13.4. The third-order valence-corrected chi connectivity index (χ3v) is 6.39. The molecule has 150 valence electrons. The summed E-state index contributed by atoms with van der Waals surface area (Å²) in [5.74, 6) is 0. The SMILES string of the molecule is CCn1cc(N=c2scc(-c3cnccn3)n2CCCN(C)S(C)(=O)=O)cn1. The van der Waals surface area contributed by atoms with Gasteiger partial charge in [0.05, 0.1) is 30.5 Å². The van der Waals surface area contributed by atoms with E-state index in [1.807, 2.05) is 27.7 Å². The highest BCUT2D eigenvalue weighted by Gasteiger charge is 2.13. The molecule has 0 radical (unpaired) electrons.